The highest BCUT2D eigenvalue weighted by atomic mass is 16.5. The maximum atomic E-state index is 10.8. The van der Waals surface area contributed by atoms with Crippen molar-refractivity contribution in [2.45, 2.75) is 6.92 Å². The Kier molecular flexibility index (Phi) is 3.44. The molecule has 0 aliphatic rings. The fraction of sp³-hybridized carbons (Fsp3) is 0.273. The van der Waals surface area contributed by atoms with Crippen molar-refractivity contribution in [1.29, 1.82) is 0 Å². The first kappa shape index (κ1) is 11.2. The molecule has 0 heterocycles. The summed E-state index contributed by atoms with van der Waals surface area (Å²) in [5, 5.41) is 0. The molecule has 0 fully saturated rings. The number of benzene rings is 1. The maximum absolute atomic E-state index is 10.8. The topological polar surface area (TPSA) is 52.6 Å². The molecule has 0 bridgehead atoms. The van der Waals surface area contributed by atoms with Gasteiger partial charge >= 0.3 is 0 Å². The number of methoxy groups -OCH3 is 2. The van der Waals surface area contributed by atoms with Crippen molar-refractivity contribution in [1.82, 2.24) is 0 Å². The minimum absolute atomic E-state index is 0.255. The lowest BCUT2D eigenvalue weighted by Crippen LogP contribution is -2.01. The van der Waals surface area contributed by atoms with E-state index in [9.17, 15) is 9.59 Å². The van der Waals surface area contributed by atoms with Crippen molar-refractivity contribution in [3.05, 3.63) is 22.8 Å². The highest BCUT2D eigenvalue weighted by Crippen LogP contribution is 2.32. The Hall–Kier alpha value is -1.84. The van der Waals surface area contributed by atoms with Crippen LogP contribution in [-0.2, 0) is 0 Å². The normalized spacial score (nSPS) is 9.53. The van der Waals surface area contributed by atoms with Gasteiger partial charge in [-0.05, 0) is 13.0 Å². The molecule has 0 unspecified atom stereocenters. The van der Waals surface area contributed by atoms with Crippen molar-refractivity contribution in [3.8, 4) is 11.5 Å². The van der Waals surface area contributed by atoms with E-state index >= 15 is 0 Å². The number of hydrogen-bond donors (Lipinski definition) is 0. The van der Waals surface area contributed by atoms with Crippen molar-refractivity contribution in [3.63, 3.8) is 0 Å². The summed E-state index contributed by atoms with van der Waals surface area (Å²) < 4.78 is 10.2. The fourth-order valence-corrected chi connectivity index (χ4v) is 1.47. The second-order valence-corrected chi connectivity index (χ2v) is 2.98. The lowest BCUT2D eigenvalue weighted by molar-refractivity contribution is 0.109. The third-order valence-corrected chi connectivity index (χ3v) is 2.22. The van der Waals surface area contributed by atoms with Crippen LogP contribution in [0.15, 0.2) is 6.07 Å². The van der Waals surface area contributed by atoms with E-state index in [1.165, 1.54) is 20.3 Å². The van der Waals surface area contributed by atoms with Gasteiger partial charge in [-0.2, -0.15) is 0 Å². The van der Waals surface area contributed by atoms with Crippen molar-refractivity contribution in [2.24, 2.45) is 0 Å². The first-order valence-corrected chi connectivity index (χ1v) is 4.35. The molecular formula is C11H12O4. The first-order valence-electron chi connectivity index (χ1n) is 4.35. The zero-order valence-corrected chi connectivity index (χ0v) is 8.87. The lowest BCUT2D eigenvalue weighted by atomic mass is 10.0. The molecule has 4 heteroatoms. The average molecular weight is 208 g/mol. The first-order chi connectivity index (χ1) is 7.19. The van der Waals surface area contributed by atoms with Crippen LogP contribution < -0.4 is 9.47 Å². The van der Waals surface area contributed by atoms with Gasteiger partial charge in [0.1, 0.15) is 11.5 Å². The van der Waals surface area contributed by atoms with Gasteiger partial charge in [0.05, 0.1) is 19.8 Å². The molecule has 0 radical (unpaired) electrons. The molecule has 0 atom stereocenters. The molecule has 0 aliphatic heterocycles. The van der Waals surface area contributed by atoms with E-state index in [1.54, 1.807) is 6.92 Å². The largest absolute Gasteiger partial charge is 0.496 e. The zero-order chi connectivity index (χ0) is 11.4. The molecule has 1 aromatic rings. The summed E-state index contributed by atoms with van der Waals surface area (Å²) in [6.07, 6.45) is 1.21. The van der Waals surface area contributed by atoms with E-state index in [-0.39, 0.29) is 11.1 Å². The highest BCUT2D eigenvalue weighted by molar-refractivity contribution is 5.94. The number of ether oxygens (including phenoxy) is 2. The molecular weight excluding hydrogens is 196 g/mol. The molecule has 1 rings (SSSR count). The summed E-state index contributed by atoms with van der Waals surface area (Å²) in [6, 6.07) is 1.52. The van der Waals surface area contributed by atoms with Crippen LogP contribution in [0.1, 0.15) is 26.3 Å². The number of rotatable bonds is 4. The maximum Gasteiger partial charge on any atom is 0.154 e. The van der Waals surface area contributed by atoms with Crippen LogP contribution in [-0.4, -0.2) is 26.8 Å². The number of aldehydes is 2. The Morgan fingerprint density at radius 3 is 2.20 bits per heavy atom. The quantitative estimate of drug-likeness (QED) is 0.706. The standard InChI is InChI=1S/C11H12O4/c1-7-10(14-2)4-8(5-12)9(6-13)11(7)15-3/h4-6H,1-3H3. The van der Waals surface area contributed by atoms with Gasteiger partial charge in [0.2, 0.25) is 0 Å². The monoisotopic (exact) mass is 208 g/mol. The molecule has 0 aliphatic carbocycles. The smallest absolute Gasteiger partial charge is 0.154 e. The lowest BCUT2D eigenvalue weighted by Gasteiger charge is -2.13. The third kappa shape index (κ3) is 1.83. The Morgan fingerprint density at radius 1 is 1.13 bits per heavy atom. The summed E-state index contributed by atoms with van der Waals surface area (Å²) in [7, 11) is 2.94. The second kappa shape index (κ2) is 4.59. The van der Waals surface area contributed by atoms with Crippen LogP contribution in [0.4, 0.5) is 0 Å². The van der Waals surface area contributed by atoms with Gasteiger partial charge < -0.3 is 9.47 Å². The van der Waals surface area contributed by atoms with Crippen LogP contribution in [0.2, 0.25) is 0 Å². The van der Waals surface area contributed by atoms with Crippen LogP contribution in [0, 0.1) is 6.92 Å². The summed E-state index contributed by atoms with van der Waals surface area (Å²) >= 11 is 0. The predicted octanol–water partition coefficient (Wildman–Crippen LogP) is 1.64. The summed E-state index contributed by atoms with van der Waals surface area (Å²) in [4.78, 5) is 21.6. The molecule has 0 N–H and O–H groups in total. The van der Waals surface area contributed by atoms with Crippen LogP contribution in [0.3, 0.4) is 0 Å². The summed E-state index contributed by atoms with van der Waals surface area (Å²) in [5.74, 6) is 0.908. The number of carbonyl (C=O) groups excluding carboxylic acids is 2. The summed E-state index contributed by atoms with van der Waals surface area (Å²) in [5.41, 5.74) is 1.22. The highest BCUT2D eigenvalue weighted by Gasteiger charge is 2.15. The molecule has 80 valence electrons. The van der Waals surface area contributed by atoms with Gasteiger partial charge in [-0.3, -0.25) is 9.59 Å². The molecule has 0 spiro atoms. The molecule has 0 aromatic heterocycles. The third-order valence-electron chi connectivity index (χ3n) is 2.22. The SMILES string of the molecule is COc1cc(C=O)c(C=O)c(OC)c1C. The van der Waals surface area contributed by atoms with Gasteiger partial charge in [-0.25, -0.2) is 0 Å². The number of hydrogen-bond acceptors (Lipinski definition) is 4. The van der Waals surface area contributed by atoms with Gasteiger partial charge in [-0.1, -0.05) is 0 Å². The Morgan fingerprint density at radius 2 is 1.80 bits per heavy atom. The van der Waals surface area contributed by atoms with Gasteiger partial charge in [-0.15, -0.1) is 0 Å². The number of carbonyl (C=O) groups is 2. The molecule has 15 heavy (non-hydrogen) atoms. The van der Waals surface area contributed by atoms with Gasteiger partial charge in [0.15, 0.2) is 12.6 Å². The molecule has 0 amide bonds. The van der Waals surface area contributed by atoms with E-state index in [1.807, 2.05) is 0 Å². The van der Waals surface area contributed by atoms with Crippen molar-refractivity contribution < 1.29 is 19.1 Å². The van der Waals surface area contributed by atoms with Gasteiger partial charge in [0.25, 0.3) is 0 Å². The predicted molar refractivity (Wildman–Crippen MR) is 55.1 cm³/mol. The van der Waals surface area contributed by atoms with E-state index in [4.69, 9.17) is 9.47 Å². The fourth-order valence-electron chi connectivity index (χ4n) is 1.47. The van der Waals surface area contributed by atoms with E-state index in [0.29, 0.717) is 29.6 Å². The molecule has 1 aromatic carbocycles. The van der Waals surface area contributed by atoms with Crippen LogP contribution in [0.25, 0.3) is 0 Å². The zero-order valence-electron chi connectivity index (χ0n) is 8.87. The second-order valence-electron chi connectivity index (χ2n) is 2.98. The Bertz CT molecular complexity index is 396. The minimum atomic E-state index is 0.255. The van der Waals surface area contributed by atoms with E-state index in [2.05, 4.69) is 0 Å². The van der Waals surface area contributed by atoms with E-state index < -0.39 is 0 Å². The van der Waals surface area contributed by atoms with Crippen molar-refractivity contribution >= 4 is 12.6 Å². The molecule has 0 saturated carbocycles. The summed E-state index contributed by atoms with van der Waals surface area (Å²) in [6.45, 7) is 1.76. The van der Waals surface area contributed by atoms with Crippen molar-refractivity contribution in [2.75, 3.05) is 14.2 Å². The minimum Gasteiger partial charge on any atom is -0.496 e. The average Bonchev–Trinajstić information content (AvgIpc) is 2.28. The molecule has 0 saturated heterocycles. The Labute approximate surface area is 87.8 Å². The van der Waals surface area contributed by atoms with E-state index in [0.717, 1.165) is 0 Å². The van der Waals surface area contributed by atoms with Crippen LogP contribution >= 0.6 is 0 Å². The van der Waals surface area contributed by atoms with Gasteiger partial charge in [0, 0.05) is 11.1 Å². The molecule has 4 nitrogen and oxygen atoms in total. The Balaban J connectivity index is 3.56. The van der Waals surface area contributed by atoms with Crippen LogP contribution in [0.5, 0.6) is 11.5 Å².